The van der Waals surface area contributed by atoms with Crippen LogP contribution in [0.2, 0.25) is 0 Å². The van der Waals surface area contributed by atoms with E-state index in [4.69, 9.17) is 4.42 Å². The van der Waals surface area contributed by atoms with E-state index in [2.05, 4.69) is 29.8 Å². The zero-order chi connectivity index (χ0) is 16.7. The molecule has 0 atom stereocenters. The summed E-state index contributed by atoms with van der Waals surface area (Å²) in [4.78, 5) is 12.8. The number of rotatable bonds is 3. The van der Waals surface area contributed by atoms with Crippen molar-refractivity contribution in [2.24, 2.45) is 5.92 Å². The molecule has 1 saturated carbocycles. The molecule has 1 aliphatic carbocycles. The Kier molecular flexibility index (Phi) is 3.83. The van der Waals surface area contributed by atoms with Gasteiger partial charge >= 0.3 is 0 Å². The zero-order valence-corrected chi connectivity index (χ0v) is 14.3. The lowest BCUT2D eigenvalue weighted by molar-refractivity contribution is 0.0914. The summed E-state index contributed by atoms with van der Waals surface area (Å²) < 4.78 is 8.00. The molecule has 126 valence electrons. The Labute approximate surface area is 141 Å². The molecule has 1 amide bonds. The Balaban J connectivity index is 1.67. The fourth-order valence-corrected chi connectivity index (χ4v) is 3.93. The molecule has 0 bridgehead atoms. The van der Waals surface area contributed by atoms with Crippen LogP contribution in [0.25, 0.3) is 22.1 Å². The molecular weight excluding hydrogens is 300 g/mol. The van der Waals surface area contributed by atoms with Crippen molar-refractivity contribution in [3.05, 3.63) is 36.0 Å². The van der Waals surface area contributed by atoms with Crippen LogP contribution in [0.15, 0.2) is 34.7 Å². The SMILES string of the molecule is CCn1c(C(=O)NC2CCC(C)CC2)cc2oc3ccccc3c21. The predicted octanol–water partition coefficient (Wildman–Crippen LogP) is 4.72. The van der Waals surface area contributed by atoms with Crippen LogP contribution in [0, 0.1) is 5.92 Å². The third kappa shape index (κ3) is 2.50. The molecule has 3 aromatic rings. The van der Waals surface area contributed by atoms with Crippen LogP contribution in [-0.2, 0) is 6.54 Å². The summed E-state index contributed by atoms with van der Waals surface area (Å²) in [5.74, 6) is 0.804. The van der Waals surface area contributed by atoms with Gasteiger partial charge in [-0.2, -0.15) is 0 Å². The van der Waals surface area contributed by atoms with Crippen molar-refractivity contribution in [2.75, 3.05) is 0 Å². The van der Waals surface area contributed by atoms with E-state index in [9.17, 15) is 4.79 Å². The standard InChI is InChI=1S/C20H24N2O2/c1-3-22-16(20(23)21-14-10-8-13(2)9-11-14)12-18-19(22)15-6-4-5-7-17(15)24-18/h4-7,12-14H,3,8-11H2,1-2H3,(H,21,23). The normalized spacial score (nSPS) is 21.4. The second-order valence-electron chi connectivity index (χ2n) is 7.02. The topological polar surface area (TPSA) is 47.2 Å². The average molecular weight is 324 g/mol. The van der Waals surface area contributed by atoms with E-state index in [1.54, 1.807) is 0 Å². The van der Waals surface area contributed by atoms with E-state index in [1.165, 1.54) is 12.8 Å². The number of furan rings is 1. The van der Waals surface area contributed by atoms with Gasteiger partial charge in [0.1, 0.15) is 11.3 Å². The molecular formula is C20H24N2O2. The van der Waals surface area contributed by atoms with Gasteiger partial charge in [0.2, 0.25) is 0 Å². The summed E-state index contributed by atoms with van der Waals surface area (Å²) in [5, 5.41) is 4.30. The Morgan fingerprint density at radius 2 is 1.96 bits per heavy atom. The van der Waals surface area contributed by atoms with E-state index in [0.29, 0.717) is 11.7 Å². The van der Waals surface area contributed by atoms with Crippen LogP contribution in [0.1, 0.15) is 50.0 Å². The summed E-state index contributed by atoms with van der Waals surface area (Å²) in [6, 6.07) is 10.2. The van der Waals surface area contributed by atoms with Gasteiger partial charge in [-0.05, 0) is 50.7 Å². The molecule has 0 spiro atoms. The first-order valence-electron chi connectivity index (χ1n) is 8.99. The molecule has 0 radical (unpaired) electrons. The summed E-state index contributed by atoms with van der Waals surface area (Å²) >= 11 is 0. The van der Waals surface area contributed by atoms with E-state index >= 15 is 0 Å². The molecule has 2 heterocycles. The molecule has 1 aromatic carbocycles. The van der Waals surface area contributed by atoms with Crippen LogP contribution in [0.5, 0.6) is 0 Å². The molecule has 1 aliphatic rings. The Morgan fingerprint density at radius 1 is 1.21 bits per heavy atom. The van der Waals surface area contributed by atoms with Crippen molar-refractivity contribution in [3.8, 4) is 0 Å². The molecule has 1 N–H and O–H groups in total. The Morgan fingerprint density at radius 3 is 2.71 bits per heavy atom. The van der Waals surface area contributed by atoms with Gasteiger partial charge in [0.15, 0.2) is 5.58 Å². The van der Waals surface area contributed by atoms with Gasteiger partial charge < -0.3 is 14.3 Å². The lowest BCUT2D eigenvalue weighted by Crippen LogP contribution is -2.38. The smallest absolute Gasteiger partial charge is 0.268 e. The van der Waals surface area contributed by atoms with Crippen LogP contribution >= 0.6 is 0 Å². The number of para-hydroxylation sites is 1. The quantitative estimate of drug-likeness (QED) is 0.758. The number of hydrogen-bond donors (Lipinski definition) is 1. The van der Waals surface area contributed by atoms with E-state index in [1.807, 2.05) is 24.3 Å². The van der Waals surface area contributed by atoms with E-state index in [-0.39, 0.29) is 5.91 Å². The second-order valence-corrected chi connectivity index (χ2v) is 7.02. The van der Waals surface area contributed by atoms with E-state index < -0.39 is 0 Å². The first-order valence-corrected chi connectivity index (χ1v) is 8.99. The molecule has 0 saturated heterocycles. The molecule has 2 aromatic heterocycles. The van der Waals surface area contributed by atoms with Gasteiger partial charge in [0, 0.05) is 24.0 Å². The zero-order valence-electron chi connectivity index (χ0n) is 14.3. The number of amides is 1. The lowest BCUT2D eigenvalue weighted by Gasteiger charge is -2.27. The number of nitrogens with zero attached hydrogens (tertiary/aromatic N) is 1. The highest BCUT2D eigenvalue weighted by Crippen LogP contribution is 2.31. The second kappa shape index (κ2) is 6.00. The number of fused-ring (bicyclic) bond motifs is 3. The van der Waals surface area contributed by atoms with Crippen molar-refractivity contribution in [1.82, 2.24) is 9.88 Å². The number of aromatic nitrogens is 1. The van der Waals surface area contributed by atoms with Crippen LogP contribution < -0.4 is 5.32 Å². The molecule has 1 fully saturated rings. The van der Waals surface area contributed by atoms with Gasteiger partial charge in [0.25, 0.3) is 5.91 Å². The highest BCUT2D eigenvalue weighted by molar-refractivity contribution is 6.07. The highest BCUT2D eigenvalue weighted by Gasteiger charge is 2.24. The van der Waals surface area contributed by atoms with Gasteiger partial charge in [-0.3, -0.25) is 4.79 Å². The fourth-order valence-electron chi connectivity index (χ4n) is 3.93. The third-order valence-corrected chi connectivity index (χ3v) is 5.32. The first-order chi connectivity index (χ1) is 11.7. The van der Waals surface area contributed by atoms with Crippen molar-refractivity contribution in [2.45, 2.75) is 52.1 Å². The number of aryl methyl sites for hydroxylation is 1. The van der Waals surface area contributed by atoms with Crippen molar-refractivity contribution in [1.29, 1.82) is 0 Å². The Hall–Kier alpha value is -2.23. The minimum atomic E-state index is 0.0203. The maximum atomic E-state index is 12.8. The van der Waals surface area contributed by atoms with Crippen molar-refractivity contribution < 1.29 is 9.21 Å². The molecule has 4 rings (SSSR count). The summed E-state index contributed by atoms with van der Waals surface area (Å²) in [5.41, 5.74) is 3.39. The van der Waals surface area contributed by atoms with Crippen molar-refractivity contribution in [3.63, 3.8) is 0 Å². The van der Waals surface area contributed by atoms with Crippen LogP contribution in [-0.4, -0.2) is 16.5 Å². The van der Waals surface area contributed by atoms with Gasteiger partial charge in [-0.25, -0.2) is 0 Å². The van der Waals surface area contributed by atoms with Crippen LogP contribution in [0.3, 0.4) is 0 Å². The fraction of sp³-hybridized carbons (Fsp3) is 0.450. The molecule has 0 aliphatic heterocycles. The lowest BCUT2D eigenvalue weighted by atomic mass is 9.87. The first kappa shape index (κ1) is 15.3. The Bertz CT molecular complexity index is 882. The average Bonchev–Trinajstić information content (AvgIpc) is 3.12. The molecule has 4 nitrogen and oxygen atoms in total. The number of benzene rings is 1. The van der Waals surface area contributed by atoms with Gasteiger partial charge in [-0.15, -0.1) is 0 Å². The number of hydrogen-bond acceptors (Lipinski definition) is 2. The largest absolute Gasteiger partial charge is 0.454 e. The monoisotopic (exact) mass is 324 g/mol. The third-order valence-electron chi connectivity index (χ3n) is 5.32. The maximum Gasteiger partial charge on any atom is 0.268 e. The summed E-state index contributed by atoms with van der Waals surface area (Å²) in [6.07, 6.45) is 4.57. The van der Waals surface area contributed by atoms with Gasteiger partial charge in [0.05, 0.1) is 5.52 Å². The van der Waals surface area contributed by atoms with Crippen molar-refractivity contribution >= 4 is 28.0 Å². The predicted molar refractivity (Wildman–Crippen MR) is 96.3 cm³/mol. The minimum Gasteiger partial charge on any atom is -0.454 e. The summed E-state index contributed by atoms with van der Waals surface area (Å²) in [6.45, 7) is 5.11. The molecule has 0 unspecified atom stereocenters. The highest BCUT2D eigenvalue weighted by atomic mass is 16.3. The van der Waals surface area contributed by atoms with Gasteiger partial charge in [-0.1, -0.05) is 19.1 Å². The molecule has 24 heavy (non-hydrogen) atoms. The summed E-state index contributed by atoms with van der Waals surface area (Å²) in [7, 11) is 0. The number of carbonyl (C=O) groups is 1. The number of nitrogens with one attached hydrogen (secondary N) is 1. The minimum absolute atomic E-state index is 0.0203. The molecule has 4 heteroatoms. The number of carbonyl (C=O) groups excluding carboxylic acids is 1. The maximum absolute atomic E-state index is 12.8. The van der Waals surface area contributed by atoms with E-state index in [0.717, 1.165) is 47.4 Å². The van der Waals surface area contributed by atoms with Crippen LogP contribution in [0.4, 0.5) is 0 Å².